The molecular formula is C10H15ClN4O. The lowest BCUT2D eigenvalue weighted by molar-refractivity contribution is -0.118. The van der Waals surface area contributed by atoms with Crippen molar-refractivity contribution < 1.29 is 4.79 Å². The Morgan fingerprint density at radius 2 is 2.19 bits per heavy atom. The summed E-state index contributed by atoms with van der Waals surface area (Å²) in [7, 11) is 1.58. The average Bonchev–Trinajstić information content (AvgIpc) is 2.25. The Balaban J connectivity index is 2.87. The van der Waals surface area contributed by atoms with Crippen molar-refractivity contribution in [2.24, 2.45) is 0 Å². The first-order chi connectivity index (χ1) is 7.56. The van der Waals surface area contributed by atoms with Crippen LogP contribution in [0.25, 0.3) is 0 Å². The summed E-state index contributed by atoms with van der Waals surface area (Å²) in [5, 5.41) is 5.88. The number of likely N-dealkylation sites (N-methyl/N-ethyl adjacent to an activating group) is 1. The van der Waals surface area contributed by atoms with Crippen LogP contribution in [0.5, 0.6) is 0 Å². The molecule has 1 amide bonds. The quantitative estimate of drug-likeness (QED) is 0.784. The second kappa shape index (κ2) is 5.65. The lowest BCUT2D eigenvalue weighted by atomic mass is 10.1. The second-order valence-corrected chi connectivity index (χ2v) is 3.97. The van der Waals surface area contributed by atoms with Gasteiger partial charge < -0.3 is 10.6 Å². The van der Waals surface area contributed by atoms with Crippen molar-refractivity contribution in [3.63, 3.8) is 0 Å². The molecule has 5 nitrogen and oxygen atoms in total. The number of carbonyl (C=O) groups is 1. The van der Waals surface area contributed by atoms with Crippen molar-refractivity contribution in [1.82, 2.24) is 15.3 Å². The van der Waals surface area contributed by atoms with Gasteiger partial charge in [-0.2, -0.15) is 0 Å². The van der Waals surface area contributed by atoms with Gasteiger partial charge in [-0.25, -0.2) is 9.97 Å². The molecule has 0 spiro atoms. The molecule has 0 fully saturated rings. The highest BCUT2D eigenvalue weighted by molar-refractivity contribution is 6.30. The topological polar surface area (TPSA) is 66.9 Å². The second-order valence-electron chi connectivity index (χ2n) is 3.61. The third-order valence-electron chi connectivity index (χ3n) is 2.11. The van der Waals surface area contributed by atoms with Gasteiger partial charge >= 0.3 is 0 Å². The standard InChI is InChI=1S/C10H15ClN4O/c1-6(2)8-9(11)14-5-15-10(8)13-4-7(16)12-3/h5-6H,4H2,1-3H3,(H,12,16)(H,13,14,15). The normalized spacial score (nSPS) is 10.3. The van der Waals surface area contributed by atoms with Gasteiger partial charge in [0.1, 0.15) is 17.3 Å². The van der Waals surface area contributed by atoms with Crippen LogP contribution in [-0.4, -0.2) is 29.5 Å². The molecule has 6 heteroatoms. The van der Waals surface area contributed by atoms with E-state index in [1.807, 2.05) is 13.8 Å². The minimum Gasteiger partial charge on any atom is -0.361 e. The molecule has 0 saturated heterocycles. The number of nitrogens with zero attached hydrogens (tertiary/aromatic N) is 2. The number of nitrogens with one attached hydrogen (secondary N) is 2. The fourth-order valence-corrected chi connectivity index (χ4v) is 1.63. The Hall–Kier alpha value is -1.36. The number of amides is 1. The zero-order valence-electron chi connectivity index (χ0n) is 9.54. The summed E-state index contributed by atoms with van der Waals surface area (Å²) in [5.41, 5.74) is 0.827. The average molecular weight is 243 g/mol. The van der Waals surface area contributed by atoms with Crippen LogP contribution in [-0.2, 0) is 4.79 Å². The number of halogens is 1. The summed E-state index contributed by atoms with van der Waals surface area (Å²) >= 11 is 5.98. The lowest BCUT2D eigenvalue weighted by Gasteiger charge is -2.13. The first kappa shape index (κ1) is 12.7. The first-order valence-corrected chi connectivity index (χ1v) is 5.39. The van der Waals surface area contributed by atoms with E-state index in [1.165, 1.54) is 6.33 Å². The fraction of sp³-hybridized carbons (Fsp3) is 0.500. The highest BCUT2D eigenvalue weighted by atomic mass is 35.5. The van der Waals surface area contributed by atoms with Gasteiger partial charge in [0.15, 0.2) is 0 Å². The molecule has 1 rings (SSSR count). The smallest absolute Gasteiger partial charge is 0.239 e. The Bertz CT molecular complexity index is 381. The number of hydrogen-bond donors (Lipinski definition) is 2. The maximum atomic E-state index is 11.1. The summed E-state index contributed by atoms with van der Waals surface area (Å²) < 4.78 is 0. The zero-order chi connectivity index (χ0) is 12.1. The Morgan fingerprint density at radius 3 is 2.75 bits per heavy atom. The molecule has 0 aliphatic rings. The minimum absolute atomic E-state index is 0.107. The van der Waals surface area contributed by atoms with E-state index in [0.717, 1.165) is 5.56 Å². The van der Waals surface area contributed by atoms with Crippen LogP contribution in [0.4, 0.5) is 5.82 Å². The van der Waals surface area contributed by atoms with Crippen LogP contribution in [0.2, 0.25) is 5.15 Å². The van der Waals surface area contributed by atoms with Crippen molar-refractivity contribution in [2.75, 3.05) is 18.9 Å². The fourth-order valence-electron chi connectivity index (χ4n) is 1.28. The van der Waals surface area contributed by atoms with E-state index >= 15 is 0 Å². The summed E-state index contributed by atoms with van der Waals surface area (Å²) in [6.45, 7) is 4.16. The molecule has 0 aliphatic heterocycles. The number of carbonyl (C=O) groups excluding carboxylic acids is 1. The van der Waals surface area contributed by atoms with E-state index in [9.17, 15) is 4.79 Å². The number of hydrogen-bond acceptors (Lipinski definition) is 4. The van der Waals surface area contributed by atoms with Crippen LogP contribution < -0.4 is 10.6 Å². The summed E-state index contributed by atoms with van der Waals surface area (Å²) in [6, 6.07) is 0. The van der Waals surface area contributed by atoms with E-state index < -0.39 is 0 Å². The molecular weight excluding hydrogens is 228 g/mol. The van der Waals surface area contributed by atoms with Crippen LogP contribution in [0.3, 0.4) is 0 Å². The maximum absolute atomic E-state index is 11.1. The highest BCUT2D eigenvalue weighted by Crippen LogP contribution is 2.27. The molecule has 0 atom stereocenters. The molecule has 1 aromatic heterocycles. The monoisotopic (exact) mass is 242 g/mol. The molecule has 88 valence electrons. The van der Waals surface area contributed by atoms with Gasteiger partial charge in [0.2, 0.25) is 5.91 Å². The Morgan fingerprint density at radius 1 is 1.50 bits per heavy atom. The highest BCUT2D eigenvalue weighted by Gasteiger charge is 2.13. The predicted molar refractivity (Wildman–Crippen MR) is 63.7 cm³/mol. The summed E-state index contributed by atoms with van der Waals surface area (Å²) in [5.74, 6) is 0.698. The molecule has 1 heterocycles. The van der Waals surface area contributed by atoms with Crippen LogP contribution in [0, 0.1) is 0 Å². The van der Waals surface area contributed by atoms with E-state index in [1.54, 1.807) is 7.05 Å². The van der Waals surface area contributed by atoms with E-state index in [2.05, 4.69) is 20.6 Å². The molecule has 0 saturated carbocycles. The van der Waals surface area contributed by atoms with Gasteiger partial charge in [-0.3, -0.25) is 4.79 Å². The Kier molecular flexibility index (Phi) is 4.49. The largest absolute Gasteiger partial charge is 0.361 e. The van der Waals surface area contributed by atoms with Crippen molar-refractivity contribution in [2.45, 2.75) is 19.8 Å². The van der Waals surface area contributed by atoms with Gasteiger partial charge in [0, 0.05) is 12.6 Å². The third-order valence-corrected chi connectivity index (χ3v) is 2.41. The van der Waals surface area contributed by atoms with Crippen molar-refractivity contribution in [1.29, 1.82) is 0 Å². The maximum Gasteiger partial charge on any atom is 0.239 e. The molecule has 0 aliphatic carbocycles. The van der Waals surface area contributed by atoms with Gasteiger partial charge in [-0.15, -0.1) is 0 Å². The molecule has 0 unspecified atom stereocenters. The zero-order valence-corrected chi connectivity index (χ0v) is 10.3. The lowest BCUT2D eigenvalue weighted by Crippen LogP contribution is -2.27. The van der Waals surface area contributed by atoms with E-state index in [0.29, 0.717) is 11.0 Å². The molecule has 0 radical (unpaired) electrons. The van der Waals surface area contributed by atoms with Gasteiger partial charge in [0.05, 0.1) is 6.54 Å². The third kappa shape index (κ3) is 3.06. The van der Waals surface area contributed by atoms with E-state index in [-0.39, 0.29) is 18.4 Å². The van der Waals surface area contributed by atoms with Gasteiger partial charge in [-0.05, 0) is 5.92 Å². The Labute approximate surface area is 99.6 Å². The molecule has 0 aromatic carbocycles. The molecule has 2 N–H and O–H groups in total. The number of aromatic nitrogens is 2. The summed E-state index contributed by atoms with van der Waals surface area (Å²) in [4.78, 5) is 19.1. The van der Waals surface area contributed by atoms with Gasteiger partial charge in [-0.1, -0.05) is 25.4 Å². The van der Waals surface area contributed by atoms with Crippen molar-refractivity contribution in [3.8, 4) is 0 Å². The first-order valence-electron chi connectivity index (χ1n) is 5.01. The van der Waals surface area contributed by atoms with Crippen molar-refractivity contribution in [3.05, 3.63) is 17.0 Å². The number of anilines is 1. The van der Waals surface area contributed by atoms with E-state index in [4.69, 9.17) is 11.6 Å². The minimum atomic E-state index is -0.107. The van der Waals surface area contributed by atoms with Crippen LogP contribution in [0.1, 0.15) is 25.3 Å². The predicted octanol–water partition coefficient (Wildman–Crippen LogP) is 1.41. The summed E-state index contributed by atoms with van der Waals surface area (Å²) in [6.07, 6.45) is 1.38. The molecule has 1 aromatic rings. The molecule has 0 bridgehead atoms. The van der Waals surface area contributed by atoms with Crippen LogP contribution in [0.15, 0.2) is 6.33 Å². The molecule has 16 heavy (non-hydrogen) atoms. The SMILES string of the molecule is CNC(=O)CNc1ncnc(Cl)c1C(C)C. The van der Waals surface area contributed by atoms with Crippen molar-refractivity contribution >= 4 is 23.3 Å². The van der Waals surface area contributed by atoms with Gasteiger partial charge in [0.25, 0.3) is 0 Å². The number of rotatable bonds is 4. The van der Waals surface area contributed by atoms with Crippen LogP contribution >= 0.6 is 11.6 Å².